The number of nitrogens with zero attached hydrogens (tertiary/aromatic N) is 2. The summed E-state index contributed by atoms with van der Waals surface area (Å²) in [7, 11) is 1.57. The molecule has 1 aromatic heterocycles. The number of benzene rings is 2. The predicted molar refractivity (Wildman–Crippen MR) is 148 cm³/mol. The van der Waals surface area contributed by atoms with Gasteiger partial charge in [0.1, 0.15) is 24.7 Å². The van der Waals surface area contributed by atoms with Gasteiger partial charge in [0.05, 0.1) is 13.2 Å². The Kier molecular flexibility index (Phi) is 9.11. The molecule has 1 aliphatic rings. The first-order valence-corrected chi connectivity index (χ1v) is 13.8. The molecule has 2 amide bonds. The molecule has 0 saturated heterocycles. The Morgan fingerprint density at radius 1 is 1.16 bits per heavy atom. The first-order valence-electron chi connectivity index (χ1n) is 12.6. The Morgan fingerprint density at radius 3 is 2.68 bits per heavy atom. The molecule has 0 radical (unpaired) electrons. The molecule has 0 bridgehead atoms. The highest BCUT2D eigenvalue weighted by Gasteiger charge is 2.34. The van der Waals surface area contributed by atoms with Gasteiger partial charge in [-0.25, -0.2) is 0 Å². The zero-order valence-corrected chi connectivity index (χ0v) is 23.1. The summed E-state index contributed by atoms with van der Waals surface area (Å²) in [5, 5.41) is 2.71. The molecule has 196 valence electrons. The number of hydrogen-bond acceptors (Lipinski definition) is 5. The number of carbonyl (C=O) groups excluding carboxylic acids is 2. The van der Waals surface area contributed by atoms with Crippen molar-refractivity contribution in [1.29, 1.82) is 0 Å². The van der Waals surface area contributed by atoms with E-state index < -0.39 is 0 Å². The summed E-state index contributed by atoms with van der Waals surface area (Å²) in [5.41, 5.74) is 1.63. The van der Waals surface area contributed by atoms with E-state index in [2.05, 4.69) is 25.3 Å². The number of halogens is 1. The van der Waals surface area contributed by atoms with Crippen LogP contribution in [0.4, 0.5) is 0 Å². The van der Waals surface area contributed by atoms with Gasteiger partial charge in [0, 0.05) is 28.6 Å². The van der Waals surface area contributed by atoms with Crippen molar-refractivity contribution < 1.29 is 19.1 Å². The van der Waals surface area contributed by atoms with E-state index in [1.54, 1.807) is 59.7 Å². The molecule has 0 unspecified atom stereocenters. The lowest BCUT2D eigenvalue weighted by Crippen LogP contribution is -2.48. The topological polar surface area (TPSA) is 59.1 Å². The van der Waals surface area contributed by atoms with E-state index in [1.807, 2.05) is 17.0 Å². The molecule has 2 heterocycles. The second-order valence-electron chi connectivity index (χ2n) is 9.35. The highest BCUT2D eigenvalue weighted by atomic mass is 35.5. The molecule has 0 spiro atoms. The maximum Gasteiger partial charge on any atom is 0.254 e. The molecule has 1 aliphatic heterocycles. The van der Waals surface area contributed by atoms with Crippen LogP contribution in [0.15, 0.2) is 60.0 Å². The lowest BCUT2D eigenvalue weighted by molar-refractivity contribution is -0.135. The Labute approximate surface area is 227 Å². The SMILES string of the molecule is CC[C@@H](C)CN(CC(=O)N1CCc2sccc2[C@H]1COc1ccc(Cl)cc1)C(=O)c1cccc(OC)c1. The fourth-order valence-electron chi connectivity index (χ4n) is 4.50. The number of rotatable bonds is 10. The molecule has 4 rings (SSSR count). The monoisotopic (exact) mass is 540 g/mol. The zero-order valence-electron chi connectivity index (χ0n) is 21.5. The van der Waals surface area contributed by atoms with E-state index in [4.69, 9.17) is 21.1 Å². The van der Waals surface area contributed by atoms with E-state index in [0.29, 0.717) is 41.8 Å². The van der Waals surface area contributed by atoms with Crippen LogP contribution in [0, 0.1) is 5.92 Å². The first kappa shape index (κ1) is 27.0. The third-order valence-electron chi connectivity index (χ3n) is 6.80. The Morgan fingerprint density at radius 2 is 1.95 bits per heavy atom. The number of thiophene rings is 1. The largest absolute Gasteiger partial charge is 0.497 e. The fraction of sp³-hybridized carbons (Fsp3) is 0.379. The highest BCUT2D eigenvalue weighted by Crippen LogP contribution is 2.34. The summed E-state index contributed by atoms with van der Waals surface area (Å²) in [6, 6.07) is 16.2. The lowest BCUT2D eigenvalue weighted by Gasteiger charge is -2.37. The van der Waals surface area contributed by atoms with Crippen LogP contribution in [0.1, 0.15) is 47.1 Å². The van der Waals surface area contributed by atoms with Crippen LogP contribution in [0.25, 0.3) is 0 Å². The van der Waals surface area contributed by atoms with Gasteiger partial charge in [0.25, 0.3) is 5.91 Å². The summed E-state index contributed by atoms with van der Waals surface area (Å²) < 4.78 is 11.4. The summed E-state index contributed by atoms with van der Waals surface area (Å²) in [6.45, 7) is 5.61. The van der Waals surface area contributed by atoms with Gasteiger partial charge in [0.15, 0.2) is 0 Å². The summed E-state index contributed by atoms with van der Waals surface area (Å²) >= 11 is 7.72. The van der Waals surface area contributed by atoms with Crippen molar-refractivity contribution in [1.82, 2.24) is 9.80 Å². The van der Waals surface area contributed by atoms with Crippen LogP contribution in [0.2, 0.25) is 5.02 Å². The summed E-state index contributed by atoms with van der Waals surface area (Å²) in [4.78, 5) is 32.1. The molecular formula is C29H33ClN2O4S. The van der Waals surface area contributed by atoms with Gasteiger partial charge in [-0.1, -0.05) is 37.9 Å². The van der Waals surface area contributed by atoms with Crippen molar-refractivity contribution in [2.45, 2.75) is 32.7 Å². The number of fused-ring (bicyclic) bond motifs is 1. The van der Waals surface area contributed by atoms with Crippen LogP contribution in [0.3, 0.4) is 0 Å². The zero-order chi connectivity index (χ0) is 26.4. The standard InChI is InChI=1S/C29H33ClN2O4S/c1-4-20(2)17-31(29(34)21-6-5-7-24(16-21)35-3)18-28(33)32-14-12-27-25(13-15-37-27)26(32)19-36-23-10-8-22(30)9-11-23/h5-11,13,15-16,20,26H,4,12,14,17-19H2,1-3H3/t20-,26-/m1/s1. The number of hydrogen-bond donors (Lipinski definition) is 0. The van der Waals surface area contributed by atoms with Gasteiger partial charge in [-0.05, 0) is 71.8 Å². The smallest absolute Gasteiger partial charge is 0.254 e. The molecule has 2 atom stereocenters. The minimum absolute atomic E-state index is 0.0112. The van der Waals surface area contributed by atoms with Crippen LogP contribution in [-0.2, 0) is 11.2 Å². The third kappa shape index (κ3) is 6.65. The van der Waals surface area contributed by atoms with Crippen molar-refractivity contribution in [3.05, 3.63) is 81.0 Å². The van der Waals surface area contributed by atoms with Crippen LogP contribution in [-0.4, -0.2) is 55.0 Å². The average Bonchev–Trinajstić information content (AvgIpc) is 3.41. The summed E-state index contributed by atoms with van der Waals surface area (Å²) in [6.07, 6.45) is 1.71. The number of carbonyl (C=O) groups is 2. The second kappa shape index (κ2) is 12.5. The van der Waals surface area contributed by atoms with Crippen LogP contribution < -0.4 is 9.47 Å². The normalized spacial score (nSPS) is 15.6. The minimum Gasteiger partial charge on any atom is -0.497 e. The van der Waals surface area contributed by atoms with Crippen molar-refractivity contribution >= 4 is 34.8 Å². The molecule has 6 nitrogen and oxygen atoms in total. The predicted octanol–water partition coefficient (Wildman–Crippen LogP) is 6.10. The number of amides is 2. The Bertz CT molecular complexity index is 1210. The molecule has 3 aromatic rings. The van der Waals surface area contributed by atoms with Gasteiger partial charge in [-0.15, -0.1) is 11.3 Å². The molecule has 0 aliphatic carbocycles. The quantitative estimate of drug-likeness (QED) is 0.311. The van der Waals surface area contributed by atoms with Gasteiger partial charge in [0.2, 0.25) is 5.91 Å². The fourth-order valence-corrected chi connectivity index (χ4v) is 5.55. The molecule has 37 heavy (non-hydrogen) atoms. The molecular weight excluding hydrogens is 508 g/mol. The van der Waals surface area contributed by atoms with Crippen molar-refractivity contribution in [2.24, 2.45) is 5.92 Å². The molecule has 8 heteroatoms. The van der Waals surface area contributed by atoms with Gasteiger partial charge < -0.3 is 19.3 Å². The van der Waals surface area contributed by atoms with Gasteiger partial charge in [-0.2, -0.15) is 0 Å². The van der Waals surface area contributed by atoms with Crippen LogP contribution >= 0.6 is 22.9 Å². The van der Waals surface area contributed by atoms with Crippen molar-refractivity contribution in [3.8, 4) is 11.5 Å². The lowest BCUT2D eigenvalue weighted by atomic mass is 10.00. The van der Waals surface area contributed by atoms with Gasteiger partial charge >= 0.3 is 0 Å². The van der Waals surface area contributed by atoms with Crippen molar-refractivity contribution in [2.75, 3.05) is 33.4 Å². The van der Waals surface area contributed by atoms with Gasteiger partial charge in [-0.3, -0.25) is 9.59 Å². The van der Waals surface area contributed by atoms with E-state index in [1.165, 1.54) is 4.88 Å². The Hall–Kier alpha value is -3.03. The van der Waals surface area contributed by atoms with E-state index in [-0.39, 0.29) is 30.3 Å². The maximum atomic E-state index is 13.8. The summed E-state index contributed by atoms with van der Waals surface area (Å²) in [5.74, 6) is 1.32. The van der Waals surface area contributed by atoms with E-state index >= 15 is 0 Å². The maximum absolute atomic E-state index is 13.8. The molecule has 2 aromatic carbocycles. The highest BCUT2D eigenvalue weighted by molar-refractivity contribution is 7.10. The molecule has 0 saturated carbocycles. The van der Waals surface area contributed by atoms with Crippen LogP contribution in [0.5, 0.6) is 11.5 Å². The molecule has 0 fully saturated rings. The van der Waals surface area contributed by atoms with E-state index in [9.17, 15) is 9.59 Å². The number of ether oxygens (including phenoxy) is 2. The second-order valence-corrected chi connectivity index (χ2v) is 10.8. The van der Waals surface area contributed by atoms with Crippen molar-refractivity contribution in [3.63, 3.8) is 0 Å². The van der Waals surface area contributed by atoms with E-state index in [0.717, 1.165) is 18.4 Å². The number of methoxy groups -OCH3 is 1. The third-order valence-corrected chi connectivity index (χ3v) is 8.04. The average molecular weight is 541 g/mol. The first-order chi connectivity index (χ1) is 17.9. The molecule has 0 N–H and O–H groups in total. The Balaban J connectivity index is 1.54. The minimum atomic E-state index is -0.226.